The molecule has 0 spiro atoms. The Hall–Kier alpha value is -1.39. The Kier molecular flexibility index (Phi) is 4.10. The van der Waals surface area contributed by atoms with Gasteiger partial charge in [-0.15, -0.1) is 0 Å². The summed E-state index contributed by atoms with van der Waals surface area (Å²) in [5.74, 6) is -0.501. The van der Waals surface area contributed by atoms with E-state index >= 15 is 0 Å². The number of hydrogen-bond acceptors (Lipinski definition) is 4. The number of carbonyl (C=O) groups excluding carboxylic acids is 2. The third-order valence-electron chi connectivity index (χ3n) is 2.16. The third-order valence-corrected chi connectivity index (χ3v) is 2.16. The van der Waals surface area contributed by atoms with E-state index in [1.807, 2.05) is 0 Å². The second-order valence-corrected chi connectivity index (χ2v) is 3.05. The molecular formula is C9H14N2O3. The van der Waals surface area contributed by atoms with Crippen LogP contribution in [0.25, 0.3) is 0 Å². The topological polar surface area (TPSA) is 67.8 Å². The zero-order valence-electron chi connectivity index (χ0n) is 8.16. The Morgan fingerprint density at radius 2 is 2.57 bits per heavy atom. The summed E-state index contributed by atoms with van der Waals surface area (Å²) in [7, 11) is 0. The number of nitrogens with one attached hydrogen (secondary N) is 1. The molecule has 0 heterocycles. The van der Waals surface area contributed by atoms with Gasteiger partial charge in [0, 0.05) is 0 Å². The Bertz CT molecular complexity index is 250. The summed E-state index contributed by atoms with van der Waals surface area (Å²) in [5.41, 5.74) is 2.93. The van der Waals surface area contributed by atoms with Crippen LogP contribution in [-0.4, -0.2) is 24.7 Å². The fraction of sp³-hybridized carbons (Fsp3) is 0.667. The van der Waals surface area contributed by atoms with Gasteiger partial charge in [-0.3, -0.25) is 9.59 Å². The van der Waals surface area contributed by atoms with Crippen molar-refractivity contribution in [2.24, 2.45) is 11.0 Å². The smallest absolute Gasteiger partial charge is 0.314 e. The molecular weight excluding hydrogens is 184 g/mol. The van der Waals surface area contributed by atoms with Crippen LogP contribution in [-0.2, 0) is 14.3 Å². The van der Waals surface area contributed by atoms with Gasteiger partial charge in [0.2, 0.25) is 6.41 Å². The van der Waals surface area contributed by atoms with Gasteiger partial charge in [0.05, 0.1) is 18.2 Å². The van der Waals surface area contributed by atoms with Crippen LogP contribution in [0.1, 0.15) is 26.2 Å². The molecule has 5 heteroatoms. The summed E-state index contributed by atoms with van der Waals surface area (Å²) in [6.45, 7) is 2.15. The molecule has 5 nitrogen and oxygen atoms in total. The lowest BCUT2D eigenvalue weighted by atomic mass is 10.1. The van der Waals surface area contributed by atoms with Crippen molar-refractivity contribution in [3.05, 3.63) is 0 Å². The van der Waals surface area contributed by atoms with E-state index in [0.29, 0.717) is 13.0 Å². The lowest BCUT2D eigenvalue weighted by Gasteiger charge is -2.08. The van der Waals surface area contributed by atoms with Crippen LogP contribution in [0.3, 0.4) is 0 Å². The summed E-state index contributed by atoms with van der Waals surface area (Å²) in [6, 6.07) is 0. The van der Waals surface area contributed by atoms with Crippen molar-refractivity contribution in [1.82, 2.24) is 5.43 Å². The number of rotatable bonds is 4. The first kappa shape index (κ1) is 10.7. The molecule has 1 amide bonds. The maximum Gasteiger partial charge on any atom is 0.314 e. The molecule has 1 saturated carbocycles. The molecule has 1 N–H and O–H groups in total. The van der Waals surface area contributed by atoms with Gasteiger partial charge in [-0.05, 0) is 26.2 Å². The van der Waals surface area contributed by atoms with Gasteiger partial charge in [0.25, 0.3) is 0 Å². The highest BCUT2D eigenvalue weighted by molar-refractivity contribution is 6.03. The van der Waals surface area contributed by atoms with E-state index in [1.165, 1.54) is 0 Å². The van der Waals surface area contributed by atoms with Gasteiger partial charge in [-0.2, -0.15) is 5.10 Å². The van der Waals surface area contributed by atoms with Gasteiger partial charge in [0.1, 0.15) is 0 Å². The molecule has 0 bridgehead atoms. The number of carbonyl (C=O) groups is 2. The zero-order valence-corrected chi connectivity index (χ0v) is 8.16. The van der Waals surface area contributed by atoms with E-state index in [2.05, 4.69) is 10.5 Å². The van der Waals surface area contributed by atoms with Crippen molar-refractivity contribution in [3.63, 3.8) is 0 Å². The fourth-order valence-electron chi connectivity index (χ4n) is 1.57. The largest absolute Gasteiger partial charge is 0.465 e. The second-order valence-electron chi connectivity index (χ2n) is 3.05. The molecule has 0 aliphatic heterocycles. The minimum absolute atomic E-state index is 0.239. The number of ether oxygens (including phenoxy) is 1. The predicted molar refractivity (Wildman–Crippen MR) is 50.6 cm³/mol. The van der Waals surface area contributed by atoms with E-state index < -0.39 is 0 Å². The summed E-state index contributed by atoms with van der Waals surface area (Å²) in [5, 5.41) is 3.82. The molecule has 1 aliphatic carbocycles. The highest BCUT2D eigenvalue weighted by Crippen LogP contribution is 2.23. The summed E-state index contributed by atoms with van der Waals surface area (Å²) in [6.07, 6.45) is 2.93. The van der Waals surface area contributed by atoms with Gasteiger partial charge >= 0.3 is 5.97 Å². The lowest BCUT2D eigenvalue weighted by molar-refractivity contribution is -0.145. The molecule has 0 aromatic heterocycles. The minimum Gasteiger partial charge on any atom is -0.465 e. The number of amides is 1. The highest BCUT2D eigenvalue weighted by Gasteiger charge is 2.30. The van der Waals surface area contributed by atoms with Crippen LogP contribution in [0.4, 0.5) is 0 Å². The summed E-state index contributed by atoms with van der Waals surface area (Å²) in [4.78, 5) is 21.4. The van der Waals surface area contributed by atoms with Crippen LogP contribution < -0.4 is 5.43 Å². The van der Waals surface area contributed by atoms with Crippen LogP contribution >= 0.6 is 0 Å². The monoisotopic (exact) mass is 198 g/mol. The van der Waals surface area contributed by atoms with Crippen molar-refractivity contribution < 1.29 is 14.3 Å². The van der Waals surface area contributed by atoms with Crippen LogP contribution in [0.5, 0.6) is 0 Å². The maximum absolute atomic E-state index is 11.4. The number of hydrazone groups is 1. The molecule has 14 heavy (non-hydrogen) atoms. The Balaban J connectivity index is 2.58. The number of nitrogens with zero attached hydrogens (tertiary/aromatic N) is 1. The van der Waals surface area contributed by atoms with E-state index in [1.54, 1.807) is 6.92 Å². The predicted octanol–water partition coefficient (Wildman–Crippen LogP) is 0.452. The Morgan fingerprint density at radius 3 is 3.21 bits per heavy atom. The first-order chi connectivity index (χ1) is 6.79. The molecule has 1 fully saturated rings. The molecule has 0 radical (unpaired) electrons. The zero-order chi connectivity index (χ0) is 10.4. The SMILES string of the molecule is CCOC(=O)C1CCC/C1=N/NC=O. The normalized spacial score (nSPS) is 23.5. The molecule has 0 saturated heterocycles. The molecule has 0 aromatic carbocycles. The standard InChI is InChI=1S/C9H14N2O3/c1-2-14-9(13)7-4-3-5-8(7)11-10-6-12/h6-7H,2-5H2,1H3,(H,10,12)/b11-8-. The van der Waals surface area contributed by atoms with E-state index in [9.17, 15) is 9.59 Å². The van der Waals surface area contributed by atoms with Crippen molar-refractivity contribution in [3.8, 4) is 0 Å². The van der Waals surface area contributed by atoms with Gasteiger partial charge in [-0.25, -0.2) is 5.43 Å². The quantitative estimate of drug-likeness (QED) is 0.405. The number of esters is 1. The van der Waals surface area contributed by atoms with E-state index in [0.717, 1.165) is 25.0 Å². The Morgan fingerprint density at radius 1 is 1.79 bits per heavy atom. The highest BCUT2D eigenvalue weighted by atomic mass is 16.5. The molecule has 1 unspecified atom stereocenters. The van der Waals surface area contributed by atoms with Crippen LogP contribution in [0.15, 0.2) is 5.10 Å². The molecule has 1 rings (SSSR count). The molecule has 78 valence electrons. The number of hydrogen-bond donors (Lipinski definition) is 1. The van der Waals surface area contributed by atoms with Gasteiger partial charge < -0.3 is 4.74 Å². The fourth-order valence-corrected chi connectivity index (χ4v) is 1.57. The summed E-state index contributed by atoms with van der Waals surface area (Å²) >= 11 is 0. The minimum atomic E-state index is -0.262. The molecule has 0 aromatic rings. The Labute approximate surface area is 82.5 Å². The van der Waals surface area contributed by atoms with Gasteiger partial charge in [0.15, 0.2) is 0 Å². The van der Waals surface area contributed by atoms with Gasteiger partial charge in [-0.1, -0.05) is 0 Å². The van der Waals surface area contributed by atoms with Crippen molar-refractivity contribution in [1.29, 1.82) is 0 Å². The van der Waals surface area contributed by atoms with Crippen molar-refractivity contribution >= 4 is 18.1 Å². The lowest BCUT2D eigenvalue weighted by Crippen LogP contribution is -2.23. The average Bonchev–Trinajstić information content (AvgIpc) is 2.63. The van der Waals surface area contributed by atoms with E-state index in [-0.39, 0.29) is 11.9 Å². The first-order valence-corrected chi connectivity index (χ1v) is 4.71. The third kappa shape index (κ3) is 2.55. The van der Waals surface area contributed by atoms with Crippen molar-refractivity contribution in [2.75, 3.05) is 6.61 Å². The average molecular weight is 198 g/mol. The molecule has 1 aliphatic rings. The van der Waals surface area contributed by atoms with Crippen LogP contribution in [0.2, 0.25) is 0 Å². The maximum atomic E-state index is 11.4. The van der Waals surface area contributed by atoms with Crippen LogP contribution in [0, 0.1) is 5.92 Å². The second kappa shape index (κ2) is 5.36. The van der Waals surface area contributed by atoms with Crippen molar-refractivity contribution in [2.45, 2.75) is 26.2 Å². The first-order valence-electron chi connectivity index (χ1n) is 4.71. The van der Waals surface area contributed by atoms with E-state index in [4.69, 9.17) is 4.74 Å². The molecule has 1 atom stereocenters. The summed E-state index contributed by atoms with van der Waals surface area (Å²) < 4.78 is 4.90.